The molecule has 1 aromatic heterocycles. The van der Waals surface area contributed by atoms with Crippen LogP contribution in [0, 0.1) is 5.92 Å². The third-order valence-electron chi connectivity index (χ3n) is 12.2. The zero-order chi connectivity index (χ0) is 40.0. The van der Waals surface area contributed by atoms with E-state index in [0.29, 0.717) is 41.5 Å². The molecule has 4 aliphatic heterocycles. The number of aromatic nitrogens is 2. The second-order valence-electron chi connectivity index (χ2n) is 15.9. The third kappa shape index (κ3) is 8.80. The van der Waals surface area contributed by atoms with Gasteiger partial charge in [0.15, 0.2) is 0 Å². The summed E-state index contributed by atoms with van der Waals surface area (Å²) in [6.07, 6.45) is 11.1. The molecule has 8 rings (SSSR count). The maximum Gasteiger partial charge on any atom is 0.255 e. The Morgan fingerprint density at radius 1 is 0.845 bits per heavy atom. The number of ether oxygens (including phenoxy) is 1. The third-order valence-corrected chi connectivity index (χ3v) is 13.3. The first kappa shape index (κ1) is 39.7. The Kier molecular flexibility index (Phi) is 12.4. The van der Waals surface area contributed by atoms with E-state index in [-0.39, 0.29) is 30.2 Å². The molecule has 2 atom stereocenters. The molecule has 0 spiro atoms. The number of thioether (sulfide) groups is 1. The minimum absolute atomic E-state index is 0.116. The second kappa shape index (κ2) is 18.2. The molecule has 58 heavy (non-hydrogen) atoms. The number of primary amides is 1. The summed E-state index contributed by atoms with van der Waals surface area (Å²) in [6, 6.07) is 22.8. The molecule has 304 valence electrons. The van der Waals surface area contributed by atoms with Gasteiger partial charge in [-0.25, -0.2) is 4.68 Å². The molecular weight excluding hydrogens is 751 g/mol. The van der Waals surface area contributed by atoms with Crippen molar-refractivity contribution in [3.05, 3.63) is 89.5 Å². The lowest BCUT2D eigenvalue weighted by Gasteiger charge is -2.38. The van der Waals surface area contributed by atoms with Gasteiger partial charge in [0.1, 0.15) is 34.6 Å². The highest BCUT2D eigenvalue weighted by Gasteiger charge is 2.40. The Morgan fingerprint density at radius 2 is 1.59 bits per heavy atom. The van der Waals surface area contributed by atoms with Crippen molar-refractivity contribution < 1.29 is 23.9 Å². The Hall–Kier alpha value is -5.14. The van der Waals surface area contributed by atoms with E-state index in [9.17, 15) is 19.2 Å². The van der Waals surface area contributed by atoms with Crippen LogP contribution in [0.25, 0.3) is 11.3 Å². The summed E-state index contributed by atoms with van der Waals surface area (Å²) in [5.74, 6) is 2.47. The lowest BCUT2D eigenvalue weighted by molar-refractivity contribution is -0.136. The minimum atomic E-state index is -0.584. The molecule has 0 bridgehead atoms. The van der Waals surface area contributed by atoms with E-state index in [4.69, 9.17) is 15.6 Å². The van der Waals surface area contributed by atoms with E-state index in [0.717, 1.165) is 85.2 Å². The molecule has 2 fully saturated rings. The number of benzene rings is 3. The fourth-order valence-corrected chi connectivity index (χ4v) is 10.2. The number of piperidine rings is 2. The Labute approximate surface area is 344 Å². The van der Waals surface area contributed by atoms with Gasteiger partial charge in [0.2, 0.25) is 11.8 Å². The van der Waals surface area contributed by atoms with Gasteiger partial charge < -0.3 is 25.6 Å². The topological polar surface area (TPSA) is 152 Å². The largest absolute Gasteiger partial charge is 0.457 e. The number of anilines is 1. The standard InChI is InChI=1S/C45H53N7O5S/c46-42(54)40-41(31-15-17-33(18-16-31)57-32-11-6-5-7-12-32)49-52-36(21-24-47-43(40)52)30-22-26-50(27-23-30)25-8-3-1-2-4-9-28-58-38-14-10-13-34-35(38)29-51(45(34)56)37-19-20-39(53)48-44(37)55/h5-7,10-18,30,36-37,47H,1-4,8-9,19-29H2,(H2,46,54)(H,48,53,55). The van der Waals surface area contributed by atoms with E-state index in [2.05, 4.69) is 26.3 Å². The van der Waals surface area contributed by atoms with Crippen molar-refractivity contribution in [1.82, 2.24) is 24.9 Å². The number of carbonyl (C=O) groups excluding carboxylic acids is 4. The van der Waals surface area contributed by atoms with Gasteiger partial charge in [-0.05, 0) is 124 Å². The average molecular weight is 804 g/mol. The van der Waals surface area contributed by atoms with Crippen molar-refractivity contribution in [1.29, 1.82) is 0 Å². The van der Waals surface area contributed by atoms with Gasteiger partial charge in [-0.15, -0.1) is 11.8 Å². The maximum atomic E-state index is 13.1. The van der Waals surface area contributed by atoms with Crippen LogP contribution in [0.5, 0.6) is 11.5 Å². The smallest absolute Gasteiger partial charge is 0.255 e. The molecule has 4 aliphatic rings. The zero-order valence-corrected chi connectivity index (χ0v) is 33.8. The molecule has 3 aromatic carbocycles. The van der Waals surface area contributed by atoms with Crippen molar-refractivity contribution in [2.75, 3.05) is 37.2 Å². The second-order valence-corrected chi connectivity index (χ2v) is 17.1. The van der Waals surface area contributed by atoms with Gasteiger partial charge in [0.05, 0.1) is 6.04 Å². The fourth-order valence-electron chi connectivity index (χ4n) is 9.06. The van der Waals surface area contributed by atoms with Crippen LogP contribution in [0.1, 0.15) is 103 Å². The van der Waals surface area contributed by atoms with Crippen molar-refractivity contribution in [2.45, 2.75) is 94.2 Å². The molecule has 0 saturated carbocycles. The van der Waals surface area contributed by atoms with Crippen molar-refractivity contribution in [3.8, 4) is 22.8 Å². The Balaban J connectivity index is 0.747. The average Bonchev–Trinajstić information content (AvgIpc) is 3.80. The summed E-state index contributed by atoms with van der Waals surface area (Å²) < 4.78 is 8.03. The van der Waals surface area contributed by atoms with Crippen LogP contribution in [-0.2, 0) is 16.1 Å². The number of nitrogens with one attached hydrogen (secondary N) is 2. The first-order valence-electron chi connectivity index (χ1n) is 21.0. The number of hydrogen-bond donors (Lipinski definition) is 3. The number of hydrogen-bond acceptors (Lipinski definition) is 9. The normalized spacial score (nSPS) is 19.7. The number of rotatable bonds is 16. The van der Waals surface area contributed by atoms with Gasteiger partial charge in [-0.2, -0.15) is 5.10 Å². The fraction of sp³-hybridized carbons (Fsp3) is 0.444. The number of para-hydroxylation sites is 1. The zero-order valence-electron chi connectivity index (χ0n) is 33.0. The Bertz CT molecular complexity index is 2120. The summed E-state index contributed by atoms with van der Waals surface area (Å²) in [7, 11) is 0. The number of imide groups is 1. The van der Waals surface area contributed by atoms with E-state index in [1.807, 2.05) is 66.7 Å². The van der Waals surface area contributed by atoms with Crippen molar-refractivity contribution >= 4 is 41.2 Å². The van der Waals surface area contributed by atoms with Crippen molar-refractivity contribution in [3.63, 3.8) is 0 Å². The van der Waals surface area contributed by atoms with Crippen LogP contribution in [0.4, 0.5) is 5.82 Å². The molecule has 2 unspecified atom stereocenters. The molecular formula is C45H53N7O5S. The summed E-state index contributed by atoms with van der Waals surface area (Å²) in [5, 5.41) is 10.9. The van der Waals surface area contributed by atoms with Gasteiger partial charge >= 0.3 is 0 Å². The molecule has 12 nitrogen and oxygen atoms in total. The van der Waals surface area contributed by atoms with Crippen LogP contribution < -0.4 is 21.1 Å². The lowest BCUT2D eigenvalue weighted by Crippen LogP contribution is -2.52. The number of carbonyl (C=O) groups is 4. The van der Waals surface area contributed by atoms with Crippen LogP contribution in [0.2, 0.25) is 0 Å². The summed E-state index contributed by atoms with van der Waals surface area (Å²) >= 11 is 1.80. The first-order valence-corrected chi connectivity index (χ1v) is 21.9. The minimum Gasteiger partial charge on any atom is -0.457 e. The number of unbranched alkanes of at least 4 members (excludes halogenated alkanes) is 5. The molecule has 13 heteroatoms. The monoisotopic (exact) mass is 803 g/mol. The van der Waals surface area contributed by atoms with E-state index in [1.54, 1.807) is 16.7 Å². The summed E-state index contributed by atoms with van der Waals surface area (Å²) in [4.78, 5) is 55.4. The molecule has 4 N–H and O–H groups in total. The predicted octanol–water partition coefficient (Wildman–Crippen LogP) is 7.40. The highest BCUT2D eigenvalue weighted by atomic mass is 32.2. The van der Waals surface area contributed by atoms with Gasteiger partial charge in [0.25, 0.3) is 11.8 Å². The lowest BCUT2D eigenvalue weighted by atomic mass is 9.86. The van der Waals surface area contributed by atoms with Gasteiger partial charge in [-0.1, -0.05) is 49.9 Å². The van der Waals surface area contributed by atoms with Crippen LogP contribution in [-0.4, -0.2) is 81.2 Å². The molecule has 4 amide bonds. The quantitative estimate of drug-likeness (QED) is 0.0598. The summed E-state index contributed by atoms with van der Waals surface area (Å²) in [6.45, 7) is 4.52. The maximum absolute atomic E-state index is 13.1. The highest BCUT2D eigenvalue weighted by molar-refractivity contribution is 7.99. The summed E-state index contributed by atoms with van der Waals surface area (Å²) in [5.41, 5.74) is 9.56. The SMILES string of the molecule is NC(=O)c1c(-c2ccc(Oc3ccccc3)cc2)nn2c1NCCC2C1CCN(CCCCCCCCSc2cccc3c2CN(C2CCC(=O)NC2=O)C3=O)CC1. The molecule has 2 saturated heterocycles. The van der Waals surface area contributed by atoms with Crippen LogP contribution in [0.3, 0.4) is 0 Å². The molecule has 0 aliphatic carbocycles. The van der Waals surface area contributed by atoms with Gasteiger partial charge in [0, 0.05) is 35.5 Å². The van der Waals surface area contributed by atoms with Crippen molar-refractivity contribution in [2.24, 2.45) is 11.7 Å². The Morgan fingerprint density at radius 3 is 2.34 bits per heavy atom. The predicted molar refractivity (Wildman–Crippen MR) is 225 cm³/mol. The van der Waals surface area contributed by atoms with E-state index in [1.165, 1.54) is 32.1 Å². The first-order chi connectivity index (χ1) is 28.3. The number of fused-ring (bicyclic) bond motifs is 2. The number of likely N-dealkylation sites (tertiary alicyclic amines) is 1. The van der Waals surface area contributed by atoms with Gasteiger partial charge in [-0.3, -0.25) is 24.5 Å². The van der Waals surface area contributed by atoms with E-state index < -0.39 is 11.9 Å². The molecule has 5 heterocycles. The van der Waals surface area contributed by atoms with Crippen LogP contribution >= 0.6 is 11.8 Å². The van der Waals surface area contributed by atoms with E-state index >= 15 is 0 Å². The molecule has 4 aromatic rings. The number of nitrogens with zero attached hydrogens (tertiary/aromatic N) is 4. The number of amides is 4. The number of nitrogens with two attached hydrogens (primary N) is 1. The molecule has 0 radical (unpaired) electrons. The van der Waals surface area contributed by atoms with Crippen LogP contribution in [0.15, 0.2) is 77.7 Å². The highest BCUT2D eigenvalue weighted by Crippen LogP contribution is 2.40.